The lowest BCUT2D eigenvalue weighted by Gasteiger charge is -2.18. The molecule has 3 rings (SSSR count). The summed E-state index contributed by atoms with van der Waals surface area (Å²) in [6.07, 6.45) is 0. The molecule has 1 atom stereocenters. The number of thiophene rings is 1. The molecule has 0 aliphatic heterocycles. The Labute approximate surface area is 165 Å². The summed E-state index contributed by atoms with van der Waals surface area (Å²) in [5, 5.41) is 18.9. The summed E-state index contributed by atoms with van der Waals surface area (Å²) in [7, 11) is 0. The Bertz CT molecular complexity index is 975. The molecule has 0 bridgehead atoms. The van der Waals surface area contributed by atoms with Gasteiger partial charge in [-0.3, -0.25) is 20.2 Å². The van der Waals surface area contributed by atoms with E-state index in [1.54, 1.807) is 25.1 Å². The summed E-state index contributed by atoms with van der Waals surface area (Å²) in [5.41, 5.74) is 1.58. The molecule has 0 spiro atoms. The van der Waals surface area contributed by atoms with E-state index in [-0.39, 0.29) is 30.0 Å². The van der Waals surface area contributed by atoms with E-state index in [4.69, 9.17) is 0 Å². The fourth-order valence-electron chi connectivity index (χ4n) is 2.84. The van der Waals surface area contributed by atoms with Crippen molar-refractivity contribution in [1.82, 2.24) is 5.32 Å². The summed E-state index contributed by atoms with van der Waals surface area (Å²) in [5.74, 6) is -0.653. The molecule has 0 fully saturated rings. The molecule has 1 aromatic heterocycles. The van der Waals surface area contributed by atoms with Crippen LogP contribution in [0.3, 0.4) is 0 Å². The van der Waals surface area contributed by atoms with Crippen LogP contribution in [0.15, 0.2) is 60.0 Å². The van der Waals surface area contributed by atoms with Crippen molar-refractivity contribution in [3.8, 4) is 0 Å². The first kappa shape index (κ1) is 19.7. The van der Waals surface area contributed by atoms with Crippen LogP contribution in [0, 0.1) is 22.9 Å². The van der Waals surface area contributed by atoms with Crippen molar-refractivity contribution in [2.45, 2.75) is 13.0 Å². The number of carbonyl (C=O) groups excluding carboxylic acids is 1. The van der Waals surface area contributed by atoms with Crippen LogP contribution in [0.5, 0.6) is 0 Å². The van der Waals surface area contributed by atoms with E-state index in [2.05, 4.69) is 10.6 Å². The predicted molar refractivity (Wildman–Crippen MR) is 107 cm³/mol. The number of hydrogen-bond acceptors (Lipinski definition) is 5. The highest BCUT2D eigenvalue weighted by Crippen LogP contribution is 2.27. The number of anilines is 1. The minimum absolute atomic E-state index is 0.0118. The summed E-state index contributed by atoms with van der Waals surface area (Å²) >= 11 is 1.53. The topological polar surface area (TPSA) is 84.3 Å². The van der Waals surface area contributed by atoms with Gasteiger partial charge in [-0.25, -0.2) is 4.39 Å². The first-order valence-electron chi connectivity index (χ1n) is 8.52. The first-order chi connectivity index (χ1) is 13.5. The second-order valence-corrected chi connectivity index (χ2v) is 7.12. The molecular weight excluding hydrogens is 381 g/mol. The fourth-order valence-corrected chi connectivity index (χ4v) is 3.67. The quantitative estimate of drug-likeness (QED) is 0.455. The zero-order valence-corrected chi connectivity index (χ0v) is 15.8. The molecule has 0 aliphatic rings. The van der Waals surface area contributed by atoms with Gasteiger partial charge in [0.2, 0.25) is 5.91 Å². The van der Waals surface area contributed by atoms with Crippen molar-refractivity contribution in [2.75, 3.05) is 11.9 Å². The average molecular weight is 399 g/mol. The molecule has 0 saturated carbocycles. The highest BCUT2D eigenvalue weighted by molar-refractivity contribution is 7.10. The van der Waals surface area contributed by atoms with Gasteiger partial charge in [-0.1, -0.05) is 24.3 Å². The summed E-state index contributed by atoms with van der Waals surface area (Å²) in [4.78, 5) is 24.0. The van der Waals surface area contributed by atoms with E-state index in [1.807, 2.05) is 17.5 Å². The monoisotopic (exact) mass is 399 g/mol. The second kappa shape index (κ2) is 8.73. The van der Waals surface area contributed by atoms with Gasteiger partial charge in [-0.2, -0.15) is 0 Å². The van der Waals surface area contributed by atoms with E-state index < -0.39 is 4.92 Å². The van der Waals surface area contributed by atoms with Crippen molar-refractivity contribution in [3.05, 3.63) is 91.9 Å². The van der Waals surface area contributed by atoms with Crippen molar-refractivity contribution < 1.29 is 14.1 Å². The van der Waals surface area contributed by atoms with Crippen LogP contribution in [-0.2, 0) is 4.79 Å². The lowest BCUT2D eigenvalue weighted by molar-refractivity contribution is -0.385. The van der Waals surface area contributed by atoms with Crippen LogP contribution in [0.4, 0.5) is 15.8 Å². The number of nitrogens with zero attached hydrogens (tertiary/aromatic N) is 1. The smallest absolute Gasteiger partial charge is 0.274 e. The lowest BCUT2D eigenvalue weighted by Crippen LogP contribution is -2.31. The third-order valence-corrected chi connectivity index (χ3v) is 5.21. The number of hydrogen-bond donors (Lipinski definition) is 2. The molecule has 8 heteroatoms. The third kappa shape index (κ3) is 4.59. The molecule has 1 amide bonds. The summed E-state index contributed by atoms with van der Waals surface area (Å²) in [6, 6.07) is 14.2. The number of nitrogens with one attached hydrogen (secondary N) is 2. The maximum absolute atomic E-state index is 13.2. The molecule has 3 aromatic rings. The maximum atomic E-state index is 13.2. The minimum atomic E-state index is -0.482. The van der Waals surface area contributed by atoms with E-state index in [1.165, 1.54) is 35.6 Å². The number of amides is 1. The van der Waals surface area contributed by atoms with Gasteiger partial charge in [0.15, 0.2) is 0 Å². The molecule has 28 heavy (non-hydrogen) atoms. The Morgan fingerprint density at radius 3 is 2.57 bits per heavy atom. The third-order valence-electron chi connectivity index (χ3n) is 4.27. The molecule has 6 nitrogen and oxygen atoms in total. The van der Waals surface area contributed by atoms with E-state index in [0.29, 0.717) is 11.3 Å². The lowest BCUT2D eigenvalue weighted by atomic mass is 10.1. The Balaban J connectivity index is 1.72. The van der Waals surface area contributed by atoms with Gasteiger partial charge in [0.1, 0.15) is 5.82 Å². The van der Waals surface area contributed by atoms with Crippen LogP contribution in [0.25, 0.3) is 0 Å². The molecule has 2 N–H and O–H groups in total. The zero-order valence-electron chi connectivity index (χ0n) is 15.0. The number of halogens is 1. The van der Waals surface area contributed by atoms with Crippen molar-refractivity contribution in [2.24, 2.45) is 0 Å². The van der Waals surface area contributed by atoms with Crippen molar-refractivity contribution in [1.29, 1.82) is 0 Å². The largest absolute Gasteiger partial charge is 0.324 e. The number of nitro benzene ring substituents is 1. The van der Waals surface area contributed by atoms with Gasteiger partial charge >= 0.3 is 0 Å². The molecule has 1 unspecified atom stereocenters. The standard InChI is InChI=1S/C20H18FN3O3S/c1-13-16(4-2-5-17(13)24(26)27)23-19(25)12-22-20(18-6-3-11-28-18)14-7-9-15(21)10-8-14/h2-11,20,22H,12H2,1H3,(H,23,25). The average Bonchev–Trinajstić information content (AvgIpc) is 3.19. The number of rotatable bonds is 7. The van der Waals surface area contributed by atoms with Gasteiger partial charge in [0.05, 0.1) is 28.8 Å². The number of nitro groups is 1. The van der Waals surface area contributed by atoms with Gasteiger partial charge in [-0.15, -0.1) is 11.3 Å². The Kier molecular flexibility index (Phi) is 6.13. The van der Waals surface area contributed by atoms with Crippen LogP contribution in [0.2, 0.25) is 0 Å². The second-order valence-electron chi connectivity index (χ2n) is 6.14. The van der Waals surface area contributed by atoms with Gasteiger partial charge in [-0.05, 0) is 42.1 Å². The Hall–Kier alpha value is -3.10. The predicted octanol–water partition coefficient (Wildman–Crippen LogP) is 4.42. The van der Waals surface area contributed by atoms with Crippen LogP contribution < -0.4 is 10.6 Å². The van der Waals surface area contributed by atoms with Crippen LogP contribution in [0.1, 0.15) is 22.0 Å². The zero-order chi connectivity index (χ0) is 20.1. The number of carbonyl (C=O) groups is 1. The minimum Gasteiger partial charge on any atom is -0.324 e. The molecule has 1 heterocycles. The Morgan fingerprint density at radius 2 is 1.93 bits per heavy atom. The highest BCUT2D eigenvalue weighted by atomic mass is 32.1. The molecular formula is C20H18FN3O3S. The van der Waals surface area contributed by atoms with Crippen LogP contribution >= 0.6 is 11.3 Å². The van der Waals surface area contributed by atoms with Gasteiger partial charge < -0.3 is 5.32 Å². The van der Waals surface area contributed by atoms with Gasteiger partial charge in [0.25, 0.3) is 5.69 Å². The molecule has 0 radical (unpaired) electrons. The van der Waals surface area contributed by atoms with Crippen molar-refractivity contribution in [3.63, 3.8) is 0 Å². The molecule has 0 saturated heterocycles. The molecule has 2 aromatic carbocycles. The van der Waals surface area contributed by atoms with E-state index >= 15 is 0 Å². The van der Waals surface area contributed by atoms with E-state index in [0.717, 1.165) is 10.4 Å². The highest BCUT2D eigenvalue weighted by Gasteiger charge is 2.18. The summed E-state index contributed by atoms with van der Waals surface area (Å²) in [6.45, 7) is 1.58. The van der Waals surface area contributed by atoms with E-state index in [9.17, 15) is 19.3 Å². The van der Waals surface area contributed by atoms with Crippen LogP contribution in [-0.4, -0.2) is 17.4 Å². The maximum Gasteiger partial charge on any atom is 0.274 e. The summed E-state index contributed by atoms with van der Waals surface area (Å²) < 4.78 is 13.2. The fraction of sp³-hybridized carbons (Fsp3) is 0.150. The molecule has 144 valence electrons. The number of benzene rings is 2. The normalized spacial score (nSPS) is 11.8. The SMILES string of the molecule is Cc1c(NC(=O)CNC(c2ccc(F)cc2)c2cccs2)cccc1[N+](=O)[O-]. The molecule has 0 aliphatic carbocycles. The van der Waals surface area contributed by atoms with Gasteiger partial charge in [0, 0.05) is 10.9 Å². The van der Waals surface area contributed by atoms with Crippen molar-refractivity contribution >= 4 is 28.6 Å². The Morgan fingerprint density at radius 1 is 1.18 bits per heavy atom. The first-order valence-corrected chi connectivity index (χ1v) is 9.40.